The molecular formula is C11H11ClO3. The Morgan fingerprint density at radius 3 is 2.60 bits per heavy atom. The van der Waals surface area contributed by atoms with Crippen LogP contribution in [0.25, 0.3) is 0 Å². The first kappa shape index (κ1) is 10.5. The summed E-state index contributed by atoms with van der Waals surface area (Å²) in [6, 6.07) is 7.26. The van der Waals surface area contributed by atoms with Crippen LogP contribution >= 0.6 is 11.6 Å². The highest BCUT2D eigenvalue weighted by atomic mass is 35.5. The van der Waals surface area contributed by atoms with Gasteiger partial charge >= 0.3 is 5.97 Å². The lowest BCUT2D eigenvalue weighted by molar-refractivity contribution is -0.142. The molecule has 1 heterocycles. The van der Waals surface area contributed by atoms with Crippen molar-refractivity contribution in [2.75, 3.05) is 7.11 Å². The topological polar surface area (TPSA) is 38.8 Å². The average Bonchev–Trinajstić information content (AvgIpc) is 2.92. The lowest BCUT2D eigenvalue weighted by Gasteiger charge is -2.05. The number of esters is 1. The van der Waals surface area contributed by atoms with Gasteiger partial charge in [0.25, 0.3) is 0 Å². The number of rotatable bonds is 2. The van der Waals surface area contributed by atoms with E-state index in [0.717, 1.165) is 5.56 Å². The minimum absolute atomic E-state index is 0.340. The van der Waals surface area contributed by atoms with Gasteiger partial charge < -0.3 is 9.47 Å². The van der Waals surface area contributed by atoms with Gasteiger partial charge in [0.15, 0.2) is 6.10 Å². The molecule has 2 rings (SSSR count). The summed E-state index contributed by atoms with van der Waals surface area (Å²) < 4.78 is 9.99. The van der Waals surface area contributed by atoms with E-state index in [-0.39, 0.29) is 5.97 Å². The first-order valence-electron chi connectivity index (χ1n) is 4.59. The van der Waals surface area contributed by atoms with Gasteiger partial charge in [-0.25, -0.2) is 4.79 Å². The van der Waals surface area contributed by atoms with Crippen LogP contribution in [0.2, 0.25) is 5.02 Å². The summed E-state index contributed by atoms with van der Waals surface area (Å²) in [4.78, 5) is 11.3. The van der Waals surface area contributed by atoms with Crippen LogP contribution < -0.4 is 0 Å². The fourth-order valence-electron chi connectivity index (χ4n) is 1.59. The van der Waals surface area contributed by atoms with Crippen molar-refractivity contribution in [3.63, 3.8) is 0 Å². The Hall–Kier alpha value is -1.06. The fourth-order valence-corrected chi connectivity index (χ4v) is 1.72. The largest absolute Gasteiger partial charge is 0.467 e. The standard InChI is InChI=1S/C11H11ClO3/c1-11(9(15-11)10(13)14-2)7-3-5-8(12)6-4-7/h3-6,9H,1-2H3. The van der Waals surface area contributed by atoms with E-state index in [1.54, 1.807) is 12.1 Å². The quantitative estimate of drug-likeness (QED) is 0.573. The van der Waals surface area contributed by atoms with Crippen molar-refractivity contribution in [3.05, 3.63) is 34.9 Å². The second-order valence-corrected chi connectivity index (χ2v) is 4.07. The van der Waals surface area contributed by atoms with Crippen molar-refractivity contribution in [3.8, 4) is 0 Å². The molecule has 1 saturated heterocycles. The molecule has 0 aliphatic carbocycles. The van der Waals surface area contributed by atoms with Crippen LogP contribution in [-0.2, 0) is 19.9 Å². The molecule has 1 fully saturated rings. The smallest absolute Gasteiger partial charge is 0.338 e. The summed E-state index contributed by atoms with van der Waals surface area (Å²) in [5.74, 6) is -0.340. The van der Waals surface area contributed by atoms with Gasteiger partial charge in [-0.1, -0.05) is 23.7 Å². The highest BCUT2D eigenvalue weighted by molar-refractivity contribution is 6.30. The maximum absolute atomic E-state index is 11.3. The molecule has 0 saturated carbocycles. The number of benzene rings is 1. The van der Waals surface area contributed by atoms with E-state index in [0.29, 0.717) is 5.02 Å². The highest BCUT2D eigenvalue weighted by Crippen LogP contribution is 2.46. The molecule has 1 aromatic rings. The normalized spacial score (nSPS) is 28.6. The number of halogens is 1. The van der Waals surface area contributed by atoms with Crippen molar-refractivity contribution in [1.82, 2.24) is 0 Å². The van der Waals surface area contributed by atoms with Crippen molar-refractivity contribution in [2.24, 2.45) is 0 Å². The molecule has 3 nitrogen and oxygen atoms in total. The molecule has 80 valence electrons. The Balaban J connectivity index is 2.19. The van der Waals surface area contributed by atoms with Crippen molar-refractivity contribution >= 4 is 17.6 Å². The lowest BCUT2D eigenvalue weighted by Crippen LogP contribution is -2.17. The summed E-state index contributed by atoms with van der Waals surface area (Å²) >= 11 is 5.78. The van der Waals surface area contributed by atoms with Gasteiger partial charge in [-0.2, -0.15) is 0 Å². The number of epoxide rings is 1. The number of hydrogen-bond donors (Lipinski definition) is 0. The van der Waals surface area contributed by atoms with Gasteiger partial charge in [0.05, 0.1) is 7.11 Å². The molecule has 4 heteroatoms. The summed E-state index contributed by atoms with van der Waals surface area (Å²) in [5.41, 5.74) is 0.375. The Morgan fingerprint density at radius 1 is 1.47 bits per heavy atom. The van der Waals surface area contributed by atoms with E-state index in [2.05, 4.69) is 4.74 Å². The van der Waals surface area contributed by atoms with Gasteiger partial charge in [0.2, 0.25) is 0 Å². The van der Waals surface area contributed by atoms with Crippen molar-refractivity contribution in [2.45, 2.75) is 18.6 Å². The van der Waals surface area contributed by atoms with E-state index in [1.165, 1.54) is 7.11 Å². The molecule has 0 aromatic heterocycles. The molecule has 0 amide bonds. The van der Waals surface area contributed by atoms with Crippen molar-refractivity contribution < 1.29 is 14.3 Å². The zero-order chi connectivity index (χ0) is 11.1. The van der Waals surface area contributed by atoms with Crippen LogP contribution in [-0.4, -0.2) is 19.2 Å². The number of carbonyl (C=O) groups is 1. The molecule has 15 heavy (non-hydrogen) atoms. The maximum atomic E-state index is 11.3. The zero-order valence-electron chi connectivity index (χ0n) is 8.49. The third kappa shape index (κ3) is 1.73. The molecule has 0 radical (unpaired) electrons. The zero-order valence-corrected chi connectivity index (χ0v) is 9.25. The second-order valence-electron chi connectivity index (χ2n) is 3.63. The highest BCUT2D eigenvalue weighted by Gasteiger charge is 2.59. The minimum atomic E-state index is -0.558. The van der Waals surface area contributed by atoms with E-state index in [9.17, 15) is 4.79 Å². The molecule has 2 unspecified atom stereocenters. The van der Waals surface area contributed by atoms with E-state index < -0.39 is 11.7 Å². The van der Waals surface area contributed by atoms with Gasteiger partial charge in [0.1, 0.15) is 5.60 Å². The van der Waals surface area contributed by atoms with E-state index >= 15 is 0 Å². The molecular weight excluding hydrogens is 216 g/mol. The Labute approximate surface area is 92.9 Å². The van der Waals surface area contributed by atoms with Crippen molar-refractivity contribution in [1.29, 1.82) is 0 Å². The number of methoxy groups -OCH3 is 1. The van der Waals surface area contributed by atoms with Gasteiger partial charge in [-0.3, -0.25) is 0 Å². The SMILES string of the molecule is COC(=O)C1OC1(C)c1ccc(Cl)cc1. The number of ether oxygens (including phenoxy) is 2. The summed E-state index contributed by atoms with van der Waals surface area (Å²) in [5, 5.41) is 0.664. The van der Waals surface area contributed by atoms with Crippen LogP contribution in [0.1, 0.15) is 12.5 Å². The molecule has 1 aliphatic rings. The molecule has 1 aliphatic heterocycles. The molecule has 0 bridgehead atoms. The van der Waals surface area contributed by atoms with E-state index in [4.69, 9.17) is 16.3 Å². The van der Waals surface area contributed by atoms with Crippen LogP contribution in [0.4, 0.5) is 0 Å². The van der Waals surface area contributed by atoms with Crippen LogP contribution in [0.5, 0.6) is 0 Å². The molecule has 0 N–H and O–H groups in total. The lowest BCUT2D eigenvalue weighted by atomic mass is 9.97. The van der Waals surface area contributed by atoms with E-state index in [1.807, 2.05) is 19.1 Å². The average molecular weight is 227 g/mol. The van der Waals surface area contributed by atoms with Gasteiger partial charge in [0, 0.05) is 5.02 Å². The van der Waals surface area contributed by atoms with Gasteiger partial charge in [-0.15, -0.1) is 0 Å². The maximum Gasteiger partial charge on any atom is 0.338 e. The number of carbonyl (C=O) groups excluding carboxylic acids is 1. The Kier molecular flexibility index (Phi) is 2.44. The Morgan fingerprint density at radius 2 is 2.07 bits per heavy atom. The molecule has 0 spiro atoms. The predicted octanol–water partition coefficient (Wildman–Crippen LogP) is 2.13. The minimum Gasteiger partial charge on any atom is -0.467 e. The first-order valence-corrected chi connectivity index (χ1v) is 4.97. The first-order chi connectivity index (χ1) is 7.08. The summed E-state index contributed by atoms with van der Waals surface area (Å²) in [7, 11) is 1.35. The molecule has 2 atom stereocenters. The fraction of sp³-hybridized carbons (Fsp3) is 0.364. The van der Waals surface area contributed by atoms with Gasteiger partial charge in [-0.05, 0) is 24.6 Å². The van der Waals surface area contributed by atoms with Crippen LogP contribution in [0.15, 0.2) is 24.3 Å². The Bertz CT molecular complexity index is 387. The molecule has 1 aromatic carbocycles. The predicted molar refractivity (Wildman–Crippen MR) is 55.7 cm³/mol. The number of hydrogen-bond acceptors (Lipinski definition) is 3. The summed E-state index contributed by atoms with van der Waals surface area (Å²) in [6.07, 6.45) is -0.497. The van der Waals surface area contributed by atoms with Crippen LogP contribution in [0, 0.1) is 0 Å². The second kappa shape index (κ2) is 3.51. The third-order valence-electron chi connectivity index (χ3n) is 2.64. The van der Waals surface area contributed by atoms with Crippen LogP contribution in [0.3, 0.4) is 0 Å². The monoisotopic (exact) mass is 226 g/mol. The third-order valence-corrected chi connectivity index (χ3v) is 2.89. The summed E-state index contributed by atoms with van der Waals surface area (Å²) in [6.45, 7) is 1.86.